The van der Waals surface area contributed by atoms with E-state index in [0.29, 0.717) is 5.56 Å². The van der Waals surface area contributed by atoms with Crippen LogP contribution in [0.5, 0.6) is 0 Å². The average molecular weight is 305 g/mol. The van der Waals surface area contributed by atoms with E-state index in [1.807, 2.05) is 6.07 Å². The molecule has 21 heavy (non-hydrogen) atoms. The number of nitrogens with one attached hydrogen (secondary N) is 2. The fraction of sp³-hybridized carbons (Fsp3) is 0.533. The molecule has 112 valence electrons. The second-order valence-corrected chi connectivity index (χ2v) is 7.72. The Morgan fingerprint density at radius 1 is 1.29 bits per heavy atom. The van der Waals surface area contributed by atoms with E-state index in [1.54, 1.807) is 0 Å². The summed E-state index contributed by atoms with van der Waals surface area (Å²) in [4.78, 5) is 0.225. The fourth-order valence-corrected chi connectivity index (χ4v) is 4.51. The Kier molecular flexibility index (Phi) is 3.74. The van der Waals surface area contributed by atoms with Gasteiger partial charge in [-0.05, 0) is 62.9 Å². The molecule has 6 heteroatoms. The molecule has 5 nitrogen and oxygen atoms in total. The number of nitriles is 1. The Hall–Kier alpha value is -1.42. The molecule has 2 fully saturated rings. The minimum absolute atomic E-state index is 0.00723. The van der Waals surface area contributed by atoms with Crippen molar-refractivity contribution < 1.29 is 8.42 Å². The molecule has 1 unspecified atom stereocenters. The predicted molar refractivity (Wildman–Crippen MR) is 79.1 cm³/mol. The summed E-state index contributed by atoms with van der Waals surface area (Å²) in [5, 5.41) is 12.3. The maximum atomic E-state index is 12.4. The summed E-state index contributed by atoms with van der Waals surface area (Å²) in [5.74, 6) is 0. The maximum absolute atomic E-state index is 12.4. The van der Waals surface area contributed by atoms with Crippen LogP contribution in [-0.4, -0.2) is 26.5 Å². The highest BCUT2D eigenvalue weighted by molar-refractivity contribution is 7.89. The molecule has 1 atom stereocenters. The van der Waals surface area contributed by atoms with Crippen molar-refractivity contribution >= 4 is 10.0 Å². The molecule has 1 aliphatic heterocycles. The number of piperidine rings is 1. The van der Waals surface area contributed by atoms with Gasteiger partial charge in [-0.1, -0.05) is 0 Å². The van der Waals surface area contributed by atoms with Crippen molar-refractivity contribution in [3.8, 4) is 6.07 Å². The molecule has 1 heterocycles. The van der Waals surface area contributed by atoms with Crippen molar-refractivity contribution in [2.45, 2.75) is 48.6 Å². The topological polar surface area (TPSA) is 82.0 Å². The first-order valence-electron chi connectivity index (χ1n) is 7.31. The van der Waals surface area contributed by atoms with Gasteiger partial charge in [-0.2, -0.15) is 5.26 Å². The van der Waals surface area contributed by atoms with Crippen LogP contribution < -0.4 is 10.0 Å². The second kappa shape index (κ2) is 5.41. The van der Waals surface area contributed by atoms with Gasteiger partial charge < -0.3 is 5.32 Å². The van der Waals surface area contributed by atoms with Crippen molar-refractivity contribution in [1.29, 1.82) is 5.26 Å². The lowest BCUT2D eigenvalue weighted by Crippen LogP contribution is -2.59. The second-order valence-electron chi connectivity index (χ2n) is 6.01. The molecule has 0 radical (unpaired) electrons. The smallest absolute Gasteiger partial charge is 0.240 e. The van der Waals surface area contributed by atoms with Crippen LogP contribution in [0.15, 0.2) is 29.2 Å². The molecule has 1 aliphatic carbocycles. The van der Waals surface area contributed by atoms with Gasteiger partial charge in [-0.15, -0.1) is 0 Å². The highest BCUT2D eigenvalue weighted by Gasteiger charge is 2.41. The van der Waals surface area contributed by atoms with E-state index in [1.165, 1.54) is 30.7 Å². The number of hydrogen-bond donors (Lipinski definition) is 2. The van der Waals surface area contributed by atoms with Gasteiger partial charge in [-0.3, -0.25) is 0 Å². The SMILES string of the molecule is N#Cc1ccc(S(=O)(=O)NC2CCNC3(CCC3)C2)cc1. The third-order valence-electron chi connectivity index (χ3n) is 4.56. The lowest BCUT2D eigenvalue weighted by atomic mass is 9.70. The van der Waals surface area contributed by atoms with Crippen molar-refractivity contribution in [2.24, 2.45) is 0 Å². The highest BCUT2D eigenvalue weighted by atomic mass is 32.2. The first-order valence-corrected chi connectivity index (χ1v) is 8.79. The zero-order valence-corrected chi connectivity index (χ0v) is 12.6. The maximum Gasteiger partial charge on any atom is 0.240 e. The standard InChI is InChI=1S/C15H19N3O2S/c16-11-12-2-4-14(5-3-12)21(19,20)18-13-6-9-17-15(10-13)7-1-8-15/h2-5,13,17-18H,1,6-10H2. The van der Waals surface area contributed by atoms with Crippen molar-refractivity contribution in [3.63, 3.8) is 0 Å². The lowest BCUT2D eigenvalue weighted by Gasteiger charge is -2.48. The number of rotatable bonds is 3. The number of benzene rings is 1. The molecule has 2 aliphatic rings. The largest absolute Gasteiger partial charge is 0.311 e. The lowest BCUT2D eigenvalue weighted by molar-refractivity contribution is 0.126. The van der Waals surface area contributed by atoms with Gasteiger partial charge in [0, 0.05) is 11.6 Å². The summed E-state index contributed by atoms with van der Waals surface area (Å²) < 4.78 is 27.6. The summed E-state index contributed by atoms with van der Waals surface area (Å²) in [6.07, 6.45) is 5.19. The highest BCUT2D eigenvalue weighted by Crippen LogP contribution is 2.38. The van der Waals surface area contributed by atoms with Gasteiger partial charge in [0.25, 0.3) is 0 Å². The summed E-state index contributed by atoms with van der Waals surface area (Å²) in [6, 6.07) is 8.02. The van der Waals surface area contributed by atoms with Crippen LogP contribution in [0.2, 0.25) is 0 Å². The Morgan fingerprint density at radius 2 is 2.00 bits per heavy atom. The van der Waals surface area contributed by atoms with Crippen LogP contribution in [-0.2, 0) is 10.0 Å². The molecule has 3 rings (SSSR count). The summed E-state index contributed by atoms with van der Waals surface area (Å²) in [6.45, 7) is 0.862. The molecule has 0 amide bonds. The average Bonchev–Trinajstić information content (AvgIpc) is 2.45. The first kappa shape index (κ1) is 14.5. The molecule has 0 bridgehead atoms. The van der Waals surface area contributed by atoms with Gasteiger partial charge in [-0.25, -0.2) is 13.1 Å². The van der Waals surface area contributed by atoms with E-state index in [0.717, 1.165) is 32.2 Å². The predicted octanol–water partition coefficient (Wildman–Crippen LogP) is 1.51. The Morgan fingerprint density at radius 3 is 2.57 bits per heavy atom. The molecule has 1 spiro atoms. The Labute approximate surface area is 125 Å². The minimum Gasteiger partial charge on any atom is -0.311 e. The van der Waals surface area contributed by atoms with Gasteiger partial charge in [0.1, 0.15) is 0 Å². The van der Waals surface area contributed by atoms with Gasteiger partial charge in [0.05, 0.1) is 16.5 Å². The van der Waals surface area contributed by atoms with Crippen LogP contribution >= 0.6 is 0 Å². The number of nitrogens with zero attached hydrogens (tertiary/aromatic N) is 1. The van der Waals surface area contributed by atoms with E-state index < -0.39 is 10.0 Å². The molecular weight excluding hydrogens is 286 g/mol. The first-order chi connectivity index (χ1) is 10.0. The number of hydrogen-bond acceptors (Lipinski definition) is 4. The van der Waals surface area contributed by atoms with Crippen LogP contribution in [0.4, 0.5) is 0 Å². The van der Waals surface area contributed by atoms with Crippen LogP contribution in [0.3, 0.4) is 0 Å². The van der Waals surface area contributed by atoms with Gasteiger partial charge in [0.15, 0.2) is 0 Å². The van der Waals surface area contributed by atoms with E-state index in [9.17, 15) is 8.42 Å². The summed E-state index contributed by atoms with van der Waals surface area (Å²) >= 11 is 0. The minimum atomic E-state index is -3.51. The molecule has 1 saturated carbocycles. The van der Waals surface area contributed by atoms with Crippen LogP contribution in [0.25, 0.3) is 0 Å². The van der Waals surface area contributed by atoms with E-state index in [4.69, 9.17) is 5.26 Å². The normalized spacial score (nSPS) is 24.2. The third kappa shape index (κ3) is 2.95. The van der Waals surface area contributed by atoms with Crippen molar-refractivity contribution in [2.75, 3.05) is 6.54 Å². The molecule has 1 aromatic rings. The van der Waals surface area contributed by atoms with E-state index >= 15 is 0 Å². The summed E-state index contributed by atoms with van der Waals surface area (Å²) in [5.41, 5.74) is 0.625. The van der Waals surface area contributed by atoms with Crippen molar-refractivity contribution in [1.82, 2.24) is 10.0 Å². The third-order valence-corrected chi connectivity index (χ3v) is 6.09. The van der Waals surface area contributed by atoms with Gasteiger partial charge in [0.2, 0.25) is 10.0 Å². The quantitative estimate of drug-likeness (QED) is 0.887. The number of sulfonamides is 1. The molecule has 1 aromatic carbocycles. The Balaban J connectivity index is 1.71. The molecule has 0 aromatic heterocycles. The molecular formula is C15H19N3O2S. The monoisotopic (exact) mass is 305 g/mol. The fourth-order valence-electron chi connectivity index (χ4n) is 3.24. The zero-order chi connectivity index (χ0) is 14.9. The molecule has 1 saturated heterocycles. The Bertz CT molecular complexity index is 657. The summed E-state index contributed by atoms with van der Waals surface area (Å²) in [7, 11) is -3.51. The van der Waals surface area contributed by atoms with Crippen LogP contribution in [0.1, 0.15) is 37.7 Å². The van der Waals surface area contributed by atoms with E-state index in [-0.39, 0.29) is 16.5 Å². The van der Waals surface area contributed by atoms with Gasteiger partial charge >= 0.3 is 0 Å². The van der Waals surface area contributed by atoms with Crippen molar-refractivity contribution in [3.05, 3.63) is 29.8 Å². The zero-order valence-electron chi connectivity index (χ0n) is 11.8. The van der Waals surface area contributed by atoms with E-state index in [2.05, 4.69) is 10.0 Å². The molecule has 2 N–H and O–H groups in total. The van der Waals surface area contributed by atoms with Crippen LogP contribution in [0, 0.1) is 11.3 Å².